The normalized spacial score (nSPS) is 10.8. The third kappa shape index (κ3) is 2.23. The van der Waals surface area contributed by atoms with Crippen LogP contribution in [0.4, 0.5) is 0 Å². The molecule has 0 saturated carbocycles. The molecule has 0 aliphatic heterocycles. The van der Waals surface area contributed by atoms with Crippen molar-refractivity contribution in [1.82, 2.24) is 4.40 Å². The molecule has 5 heteroatoms. The first-order valence-electron chi connectivity index (χ1n) is 7.04. The number of ether oxygens (including phenoxy) is 1. The topological polar surface area (TPSA) is 54.6 Å². The van der Waals surface area contributed by atoms with E-state index < -0.39 is 0 Å². The Balaban J connectivity index is 2.43. The molecule has 1 aromatic carbocycles. The molecular formula is C17H16N2O2S. The van der Waals surface area contributed by atoms with Gasteiger partial charge < -0.3 is 4.74 Å². The summed E-state index contributed by atoms with van der Waals surface area (Å²) in [5.74, 6) is -0.343. The van der Waals surface area contributed by atoms with E-state index in [0.29, 0.717) is 17.7 Å². The molecule has 0 spiro atoms. The maximum Gasteiger partial charge on any atom is 0.341 e. The molecule has 0 radical (unpaired) electrons. The molecule has 0 aliphatic carbocycles. The number of nitrogens with one attached hydrogen (secondary N) is 1. The van der Waals surface area contributed by atoms with E-state index in [0.717, 1.165) is 21.5 Å². The molecule has 0 unspecified atom stereocenters. The second-order valence-electron chi connectivity index (χ2n) is 4.89. The summed E-state index contributed by atoms with van der Waals surface area (Å²) in [5.41, 5.74) is 3.41. The minimum atomic E-state index is -0.343. The minimum absolute atomic E-state index is 0.326. The molecule has 2 heterocycles. The van der Waals surface area contributed by atoms with Gasteiger partial charge in [0, 0.05) is 22.7 Å². The lowest BCUT2D eigenvalue weighted by molar-refractivity contribution is 0.0529. The van der Waals surface area contributed by atoms with Crippen LogP contribution in [0, 0.1) is 12.3 Å². The van der Waals surface area contributed by atoms with Crippen molar-refractivity contribution in [2.45, 2.75) is 13.8 Å². The molecule has 112 valence electrons. The van der Waals surface area contributed by atoms with Crippen LogP contribution >= 0.6 is 11.3 Å². The number of hydrogen-bond donors (Lipinski definition) is 1. The van der Waals surface area contributed by atoms with Gasteiger partial charge in [0.25, 0.3) is 0 Å². The summed E-state index contributed by atoms with van der Waals surface area (Å²) in [6.45, 7) is 3.99. The van der Waals surface area contributed by atoms with Gasteiger partial charge in [-0.3, -0.25) is 9.81 Å². The molecule has 0 atom stereocenters. The monoisotopic (exact) mass is 312 g/mol. The summed E-state index contributed by atoms with van der Waals surface area (Å²) in [4.78, 5) is 13.3. The van der Waals surface area contributed by atoms with E-state index >= 15 is 0 Å². The summed E-state index contributed by atoms with van der Waals surface area (Å²) in [6.07, 6.45) is 1.81. The number of pyridine rings is 1. The van der Waals surface area contributed by atoms with Gasteiger partial charge in [0.15, 0.2) is 0 Å². The number of benzene rings is 1. The van der Waals surface area contributed by atoms with Gasteiger partial charge in [0.05, 0.1) is 6.61 Å². The van der Waals surface area contributed by atoms with Gasteiger partial charge >= 0.3 is 5.97 Å². The average Bonchev–Trinajstić information content (AvgIpc) is 3.01. The van der Waals surface area contributed by atoms with Crippen molar-refractivity contribution in [3.63, 3.8) is 0 Å². The molecule has 3 aromatic rings. The maximum atomic E-state index is 12.5. The summed E-state index contributed by atoms with van der Waals surface area (Å²) < 4.78 is 6.99. The highest BCUT2D eigenvalue weighted by molar-refractivity contribution is 7.16. The Morgan fingerprint density at radius 3 is 2.73 bits per heavy atom. The van der Waals surface area contributed by atoms with Crippen LogP contribution in [0.25, 0.3) is 16.0 Å². The Labute approximate surface area is 132 Å². The highest BCUT2D eigenvalue weighted by atomic mass is 32.1. The van der Waals surface area contributed by atoms with E-state index in [-0.39, 0.29) is 5.97 Å². The van der Waals surface area contributed by atoms with Crippen LogP contribution in [0.3, 0.4) is 0 Å². The van der Waals surface area contributed by atoms with Crippen LogP contribution in [0.15, 0.2) is 41.9 Å². The van der Waals surface area contributed by atoms with E-state index in [2.05, 4.69) is 0 Å². The number of hydrogen-bond acceptors (Lipinski definition) is 4. The maximum absolute atomic E-state index is 12.5. The van der Waals surface area contributed by atoms with Crippen LogP contribution in [0.2, 0.25) is 0 Å². The molecule has 0 saturated heterocycles. The number of rotatable bonds is 3. The predicted octanol–water partition coefficient (Wildman–Crippen LogP) is 3.63. The average molecular weight is 312 g/mol. The minimum Gasteiger partial charge on any atom is -0.462 e. The number of carbonyl (C=O) groups excluding carboxylic acids is 1. The second-order valence-corrected chi connectivity index (χ2v) is 5.78. The van der Waals surface area contributed by atoms with Crippen molar-refractivity contribution in [2.24, 2.45) is 0 Å². The molecule has 4 nitrogen and oxygen atoms in total. The standard InChI is InChI=1S/C17H16N2O2S/c1-3-21-17(20)14-13(12-7-5-4-6-8-12)11(2)15(18)19-9-10-22-16(14)19/h4-10,18H,3H2,1-2H3. The van der Waals surface area contributed by atoms with Crippen LogP contribution in [0.5, 0.6) is 0 Å². The molecule has 0 fully saturated rings. The Hall–Kier alpha value is -2.40. The molecule has 0 bridgehead atoms. The first-order chi connectivity index (χ1) is 10.6. The van der Waals surface area contributed by atoms with Gasteiger partial charge in [-0.25, -0.2) is 4.79 Å². The van der Waals surface area contributed by atoms with Gasteiger partial charge in [0.2, 0.25) is 0 Å². The molecular weight excluding hydrogens is 296 g/mol. The second kappa shape index (κ2) is 5.77. The lowest BCUT2D eigenvalue weighted by atomic mass is 9.97. The van der Waals surface area contributed by atoms with E-state index in [9.17, 15) is 4.79 Å². The Morgan fingerprint density at radius 2 is 2.05 bits per heavy atom. The van der Waals surface area contributed by atoms with E-state index in [4.69, 9.17) is 10.1 Å². The Bertz CT molecular complexity index is 894. The number of nitrogens with zero attached hydrogens (tertiary/aromatic N) is 1. The Morgan fingerprint density at radius 1 is 1.32 bits per heavy atom. The zero-order valence-corrected chi connectivity index (χ0v) is 13.2. The predicted molar refractivity (Wildman–Crippen MR) is 87.3 cm³/mol. The summed E-state index contributed by atoms with van der Waals surface area (Å²) in [5, 5.41) is 10.2. The fourth-order valence-corrected chi connectivity index (χ4v) is 3.47. The first kappa shape index (κ1) is 14.5. The lowest BCUT2D eigenvalue weighted by Gasteiger charge is -2.14. The highest BCUT2D eigenvalue weighted by Crippen LogP contribution is 2.31. The highest BCUT2D eigenvalue weighted by Gasteiger charge is 2.22. The lowest BCUT2D eigenvalue weighted by Crippen LogP contribution is -2.20. The van der Waals surface area contributed by atoms with Crippen molar-refractivity contribution < 1.29 is 9.53 Å². The van der Waals surface area contributed by atoms with E-state index in [1.165, 1.54) is 11.3 Å². The van der Waals surface area contributed by atoms with E-state index in [1.807, 2.05) is 48.8 Å². The molecule has 22 heavy (non-hydrogen) atoms. The Kier molecular flexibility index (Phi) is 3.81. The molecule has 0 amide bonds. The van der Waals surface area contributed by atoms with Crippen LogP contribution in [0.1, 0.15) is 22.8 Å². The third-order valence-corrected chi connectivity index (χ3v) is 4.47. The summed E-state index contributed by atoms with van der Waals surface area (Å²) in [7, 11) is 0. The molecule has 0 aliphatic rings. The van der Waals surface area contributed by atoms with Gasteiger partial charge in [-0.1, -0.05) is 30.3 Å². The zero-order chi connectivity index (χ0) is 15.7. The molecule has 1 N–H and O–H groups in total. The zero-order valence-electron chi connectivity index (χ0n) is 12.4. The quantitative estimate of drug-likeness (QED) is 0.751. The fourth-order valence-electron chi connectivity index (χ4n) is 2.59. The summed E-state index contributed by atoms with van der Waals surface area (Å²) in [6, 6.07) is 9.70. The fraction of sp³-hybridized carbons (Fsp3) is 0.176. The number of carbonyl (C=O) groups is 1. The van der Waals surface area contributed by atoms with Gasteiger partial charge in [-0.05, 0) is 19.4 Å². The van der Waals surface area contributed by atoms with Gasteiger partial charge in [-0.2, -0.15) is 0 Å². The van der Waals surface area contributed by atoms with Crippen molar-refractivity contribution in [2.75, 3.05) is 6.61 Å². The third-order valence-electron chi connectivity index (χ3n) is 3.59. The smallest absolute Gasteiger partial charge is 0.341 e. The number of aromatic nitrogens is 1. The molecule has 3 rings (SSSR count). The number of esters is 1. The van der Waals surface area contributed by atoms with Crippen LogP contribution < -0.4 is 5.49 Å². The SMILES string of the molecule is CCOC(=O)c1c(-c2ccccc2)c(C)c(=N)n2ccsc12. The molecule has 2 aromatic heterocycles. The van der Waals surface area contributed by atoms with Crippen molar-refractivity contribution in [1.29, 1.82) is 5.41 Å². The first-order valence-corrected chi connectivity index (χ1v) is 7.92. The van der Waals surface area contributed by atoms with Crippen molar-refractivity contribution in [3.8, 4) is 11.1 Å². The summed E-state index contributed by atoms with van der Waals surface area (Å²) >= 11 is 1.44. The van der Waals surface area contributed by atoms with Gasteiger partial charge in [-0.15, -0.1) is 11.3 Å². The van der Waals surface area contributed by atoms with Crippen LogP contribution in [-0.2, 0) is 4.74 Å². The number of fused-ring (bicyclic) bond motifs is 1. The number of thiazole rings is 1. The van der Waals surface area contributed by atoms with Crippen molar-refractivity contribution >= 4 is 22.1 Å². The largest absolute Gasteiger partial charge is 0.462 e. The van der Waals surface area contributed by atoms with Gasteiger partial charge in [0.1, 0.15) is 15.9 Å². The van der Waals surface area contributed by atoms with E-state index in [1.54, 1.807) is 11.3 Å². The van der Waals surface area contributed by atoms with Crippen molar-refractivity contribution in [3.05, 3.63) is 58.5 Å². The van der Waals surface area contributed by atoms with Crippen LogP contribution in [-0.4, -0.2) is 17.0 Å².